The minimum absolute atomic E-state index is 0.359. The van der Waals surface area contributed by atoms with Gasteiger partial charge < -0.3 is 5.32 Å². The first-order valence-corrected chi connectivity index (χ1v) is 6.35. The van der Waals surface area contributed by atoms with E-state index in [-0.39, 0.29) is 5.82 Å². The first-order chi connectivity index (χ1) is 9.22. The van der Waals surface area contributed by atoms with E-state index in [4.69, 9.17) is 0 Å². The number of pyridine rings is 1. The summed E-state index contributed by atoms with van der Waals surface area (Å²) in [5.41, 5.74) is 1.85. The van der Waals surface area contributed by atoms with Crippen LogP contribution in [0.4, 0.5) is 8.78 Å². The minimum atomic E-state index is -0.460. The summed E-state index contributed by atoms with van der Waals surface area (Å²) in [6.07, 6.45) is 5.00. The zero-order valence-corrected chi connectivity index (χ0v) is 10.4. The van der Waals surface area contributed by atoms with E-state index in [9.17, 15) is 8.78 Å². The van der Waals surface area contributed by atoms with E-state index in [0.717, 1.165) is 11.8 Å². The van der Waals surface area contributed by atoms with Crippen molar-refractivity contribution in [3.05, 3.63) is 53.9 Å². The van der Waals surface area contributed by atoms with Crippen molar-refractivity contribution in [2.45, 2.75) is 25.4 Å². The summed E-state index contributed by atoms with van der Waals surface area (Å²) in [7, 11) is 0. The fraction of sp³-hybridized carbons (Fsp3) is 0.267. The largest absolute Gasteiger partial charge is 0.310 e. The highest BCUT2D eigenvalue weighted by Crippen LogP contribution is 2.25. The van der Waals surface area contributed by atoms with Gasteiger partial charge in [0, 0.05) is 29.9 Å². The number of nitrogens with one attached hydrogen (secondary N) is 1. The van der Waals surface area contributed by atoms with Crippen molar-refractivity contribution < 1.29 is 8.78 Å². The van der Waals surface area contributed by atoms with E-state index in [2.05, 4.69) is 10.3 Å². The Kier molecular flexibility index (Phi) is 3.25. The van der Waals surface area contributed by atoms with Gasteiger partial charge in [-0.1, -0.05) is 6.07 Å². The second-order valence-corrected chi connectivity index (χ2v) is 4.86. The highest BCUT2D eigenvalue weighted by molar-refractivity contribution is 5.64. The van der Waals surface area contributed by atoms with Gasteiger partial charge in [-0.3, -0.25) is 4.98 Å². The summed E-state index contributed by atoms with van der Waals surface area (Å²) in [5.74, 6) is -0.819. The topological polar surface area (TPSA) is 24.9 Å². The van der Waals surface area contributed by atoms with E-state index in [0.29, 0.717) is 23.7 Å². The van der Waals surface area contributed by atoms with Gasteiger partial charge in [0.1, 0.15) is 11.6 Å². The molecule has 1 aliphatic carbocycles. The molecule has 19 heavy (non-hydrogen) atoms. The van der Waals surface area contributed by atoms with Crippen LogP contribution < -0.4 is 5.32 Å². The molecule has 3 rings (SSSR count). The van der Waals surface area contributed by atoms with Crippen LogP contribution in [0.5, 0.6) is 0 Å². The summed E-state index contributed by atoms with van der Waals surface area (Å²) in [6, 6.07) is 6.82. The molecule has 1 aliphatic rings. The zero-order chi connectivity index (χ0) is 13.2. The molecule has 2 aromatic rings. The normalized spacial score (nSPS) is 14.6. The lowest BCUT2D eigenvalue weighted by molar-refractivity contribution is 0.618. The van der Waals surface area contributed by atoms with Crippen molar-refractivity contribution in [3.63, 3.8) is 0 Å². The molecule has 0 atom stereocenters. The SMILES string of the molecule is Fc1cncc(-c2cc(CNC3CC3)ccc2F)c1. The van der Waals surface area contributed by atoms with Crippen molar-refractivity contribution in [2.75, 3.05) is 0 Å². The van der Waals surface area contributed by atoms with Gasteiger partial charge in [0.2, 0.25) is 0 Å². The zero-order valence-electron chi connectivity index (χ0n) is 10.4. The van der Waals surface area contributed by atoms with Gasteiger partial charge in [0.05, 0.1) is 6.20 Å². The van der Waals surface area contributed by atoms with Crippen LogP contribution in [0.15, 0.2) is 36.7 Å². The summed E-state index contributed by atoms with van der Waals surface area (Å²) < 4.78 is 27.0. The molecule has 0 radical (unpaired) electrons. The van der Waals surface area contributed by atoms with Crippen LogP contribution >= 0.6 is 0 Å². The molecule has 1 fully saturated rings. The highest BCUT2D eigenvalue weighted by atomic mass is 19.1. The van der Waals surface area contributed by atoms with Gasteiger partial charge in [0.25, 0.3) is 0 Å². The number of nitrogens with zero attached hydrogens (tertiary/aromatic N) is 1. The number of benzene rings is 1. The Bertz CT molecular complexity index is 594. The molecular weight excluding hydrogens is 246 g/mol. The molecule has 1 N–H and O–H groups in total. The Hall–Kier alpha value is -1.81. The Balaban J connectivity index is 1.88. The number of rotatable bonds is 4. The fourth-order valence-electron chi connectivity index (χ4n) is 2.01. The third kappa shape index (κ3) is 2.96. The van der Waals surface area contributed by atoms with Crippen LogP contribution in [-0.2, 0) is 6.54 Å². The predicted octanol–water partition coefficient (Wildman–Crippen LogP) is 3.28. The van der Waals surface area contributed by atoms with Crippen LogP contribution in [0.25, 0.3) is 11.1 Å². The minimum Gasteiger partial charge on any atom is -0.310 e. The highest BCUT2D eigenvalue weighted by Gasteiger charge is 2.20. The number of aromatic nitrogens is 1. The molecule has 1 heterocycles. The molecule has 0 aliphatic heterocycles. The average Bonchev–Trinajstić information content (AvgIpc) is 3.22. The molecule has 0 bridgehead atoms. The Labute approximate surface area is 110 Å². The lowest BCUT2D eigenvalue weighted by Crippen LogP contribution is -2.15. The Morgan fingerprint density at radius 2 is 2.00 bits per heavy atom. The predicted molar refractivity (Wildman–Crippen MR) is 69.5 cm³/mol. The van der Waals surface area contributed by atoms with Crippen molar-refractivity contribution >= 4 is 0 Å². The van der Waals surface area contributed by atoms with Crippen LogP contribution in [0.2, 0.25) is 0 Å². The quantitative estimate of drug-likeness (QED) is 0.912. The van der Waals surface area contributed by atoms with E-state index in [1.165, 1.54) is 31.2 Å². The van der Waals surface area contributed by atoms with Crippen molar-refractivity contribution in [2.24, 2.45) is 0 Å². The molecule has 2 nitrogen and oxygen atoms in total. The Morgan fingerprint density at radius 1 is 1.16 bits per heavy atom. The lowest BCUT2D eigenvalue weighted by Gasteiger charge is -2.08. The van der Waals surface area contributed by atoms with Crippen molar-refractivity contribution in [1.29, 1.82) is 0 Å². The van der Waals surface area contributed by atoms with E-state index < -0.39 is 5.82 Å². The summed E-state index contributed by atoms with van der Waals surface area (Å²) in [6.45, 7) is 0.709. The van der Waals surface area contributed by atoms with Gasteiger partial charge in [-0.2, -0.15) is 0 Å². The smallest absolute Gasteiger partial charge is 0.142 e. The van der Waals surface area contributed by atoms with Crippen molar-refractivity contribution in [1.82, 2.24) is 10.3 Å². The molecule has 0 spiro atoms. The number of halogens is 2. The van der Waals surface area contributed by atoms with Crippen LogP contribution in [-0.4, -0.2) is 11.0 Å². The van der Waals surface area contributed by atoms with E-state index >= 15 is 0 Å². The number of hydrogen-bond donors (Lipinski definition) is 1. The molecular formula is C15H14F2N2. The van der Waals surface area contributed by atoms with E-state index in [1.54, 1.807) is 12.1 Å². The molecule has 0 saturated heterocycles. The molecule has 98 valence electrons. The molecule has 1 saturated carbocycles. The van der Waals surface area contributed by atoms with Gasteiger partial charge in [-0.15, -0.1) is 0 Å². The van der Waals surface area contributed by atoms with Gasteiger partial charge >= 0.3 is 0 Å². The second kappa shape index (κ2) is 5.05. The first kappa shape index (κ1) is 12.2. The molecule has 4 heteroatoms. The fourth-order valence-corrected chi connectivity index (χ4v) is 2.01. The first-order valence-electron chi connectivity index (χ1n) is 6.35. The van der Waals surface area contributed by atoms with Crippen molar-refractivity contribution in [3.8, 4) is 11.1 Å². The summed E-state index contributed by atoms with van der Waals surface area (Å²) >= 11 is 0. The van der Waals surface area contributed by atoms with Gasteiger partial charge in [0.15, 0.2) is 0 Å². The van der Waals surface area contributed by atoms with Crippen LogP contribution in [0.3, 0.4) is 0 Å². The average molecular weight is 260 g/mol. The van der Waals surface area contributed by atoms with Gasteiger partial charge in [-0.25, -0.2) is 8.78 Å². The third-order valence-electron chi connectivity index (χ3n) is 3.22. The molecule has 1 aromatic carbocycles. The maximum absolute atomic E-state index is 13.8. The van der Waals surface area contributed by atoms with Crippen LogP contribution in [0, 0.1) is 11.6 Å². The maximum atomic E-state index is 13.8. The Morgan fingerprint density at radius 3 is 2.74 bits per heavy atom. The lowest BCUT2D eigenvalue weighted by atomic mass is 10.0. The van der Waals surface area contributed by atoms with E-state index in [1.807, 2.05) is 0 Å². The standard InChI is InChI=1S/C15H14F2N2/c16-12-6-11(8-18-9-12)14-5-10(1-4-15(14)17)7-19-13-2-3-13/h1,4-6,8-9,13,19H,2-3,7H2. The summed E-state index contributed by atoms with van der Waals surface area (Å²) in [4.78, 5) is 3.76. The molecule has 0 unspecified atom stereocenters. The maximum Gasteiger partial charge on any atom is 0.142 e. The monoisotopic (exact) mass is 260 g/mol. The van der Waals surface area contributed by atoms with Gasteiger partial charge in [-0.05, 0) is 36.6 Å². The second-order valence-electron chi connectivity index (χ2n) is 4.86. The number of hydrogen-bond acceptors (Lipinski definition) is 2. The summed E-state index contributed by atoms with van der Waals surface area (Å²) in [5, 5.41) is 3.37. The third-order valence-corrected chi connectivity index (χ3v) is 3.22. The molecule has 1 aromatic heterocycles. The molecule has 0 amide bonds. The van der Waals surface area contributed by atoms with Crippen LogP contribution in [0.1, 0.15) is 18.4 Å².